The van der Waals surface area contributed by atoms with E-state index in [1.807, 2.05) is 37.3 Å². The van der Waals surface area contributed by atoms with E-state index in [0.717, 1.165) is 42.4 Å². The number of nitrogens with one attached hydrogen (secondary N) is 2. The minimum absolute atomic E-state index is 0.0448. The summed E-state index contributed by atoms with van der Waals surface area (Å²) in [7, 11) is -3.81. The van der Waals surface area contributed by atoms with Gasteiger partial charge in [0.05, 0.1) is 11.8 Å². The number of allylic oxidation sites excluding steroid dienone is 1. The minimum Gasteiger partial charge on any atom is -0.444 e. The molecule has 2 N–H and O–H groups in total. The number of likely N-dealkylation sites (tertiary alicyclic amines) is 1. The van der Waals surface area contributed by atoms with E-state index < -0.39 is 50.9 Å². The van der Waals surface area contributed by atoms with Gasteiger partial charge in [-0.25, -0.2) is 13.2 Å². The second kappa shape index (κ2) is 12.1. The molecule has 0 bridgehead atoms. The largest absolute Gasteiger partial charge is 0.444 e. The molecule has 1 saturated heterocycles. The molecule has 228 valence electrons. The van der Waals surface area contributed by atoms with Crippen molar-refractivity contribution >= 4 is 34.3 Å². The molecular weight excluding hydrogens is 560 g/mol. The van der Waals surface area contributed by atoms with Crippen molar-refractivity contribution in [2.75, 3.05) is 6.54 Å². The van der Waals surface area contributed by atoms with Crippen molar-refractivity contribution in [1.29, 1.82) is 0 Å². The Kier molecular flexibility index (Phi) is 8.63. The first-order valence-electron chi connectivity index (χ1n) is 14.9. The van der Waals surface area contributed by atoms with Gasteiger partial charge in [0.25, 0.3) is 5.91 Å². The summed E-state index contributed by atoms with van der Waals surface area (Å²) in [4.78, 5) is 54.5. The fourth-order valence-corrected chi connectivity index (χ4v) is 7.32. The van der Waals surface area contributed by atoms with Gasteiger partial charge in [0.15, 0.2) is 0 Å². The number of fused-ring (bicyclic) bond motifs is 1. The van der Waals surface area contributed by atoms with E-state index in [1.54, 1.807) is 4.90 Å². The summed E-state index contributed by atoms with van der Waals surface area (Å²) >= 11 is 0. The summed E-state index contributed by atoms with van der Waals surface area (Å²) in [6.45, 7) is 5.02. The van der Waals surface area contributed by atoms with Crippen molar-refractivity contribution < 1.29 is 32.3 Å². The number of ether oxygens (including phenoxy) is 1. The predicted molar refractivity (Wildman–Crippen MR) is 154 cm³/mol. The second-order valence-corrected chi connectivity index (χ2v) is 14.0. The SMILES string of the molecule is CCCCC/C=C\[C@@H]1C[C@]1(NC(=O)[C@@H]1C[C@@H](OC(=O)N2Cc3cccc(C)c3C2)CN1C=O)C(=O)NS(=O)(=O)C1CC1. The number of carbonyl (C=O) groups is 4. The van der Waals surface area contributed by atoms with E-state index in [9.17, 15) is 27.6 Å². The molecule has 0 spiro atoms. The number of rotatable bonds is 12. The van der Waals surface area contributed by atoms with Crippen molar-refractivity contribution in [2.24, 2.45) is 5.92 Å². The van der Waals surface area contributed by atoms with Crippen LogP contribution in [0.4, 0.5) is 4.79 Å². The number of amides is 4. The first-order valence-corrected chi connectivity index (χ1v) is 16.4. The van der Waals surface area contributed by atoms with E-state index in [0.29, 0.717) is 32.3 Å². The van der Waals surface area contributed by atoms with Crippen molar-refractivity contribution in [2.45, 2.75) is 101 Å². The van der Waals surface area contributed by atoms with E-state index in [4.69, 9.17) is 4.74 Å². The first kappa shape index (κ1) is 30.1. The number of hydrogen-bond donors (Lipinski definition) is 2. The van der Waals surface area contributed by atoms with Crippen LogP contribution in [-0.2, 0) is 42.2 Å². The van der Waals surface area contributed by atoms with Crippen molar-refractivity contribution in [3.05, 3.63) is 47.0 Å². The summed E-state index contributed by atoms with van der Waals surface area (Å²) < 4.78 is 33.0. The maximum atomic E-state index is 13.5. The molecule has 11 nitrogen and oxygen atoms in total. The molecule has 0 aromatic heterocycles. The maximum Gasteiger partial charge on any atom is 0.410 e. The number of carbonyl (C=O) groups excluding carboxylic acids is 4. The molecule has 2 heterocycles. The molecule has 0 unspecified atom stereocenters. The molecule has 1 aromatic carbocycles. The third kappa shape index (κ3) is 6.33. The van der Waals surface area contributed by atoms with Gasteiger partial charge in [0, 0.05) is 25.4 Å². The molecule has 2 aliphatic heterocycles. The van der Waals surface area contributed by atoms with Gasteiger partial charge in [-0.3, -0.25) is 24.0 Å². The molecule has 4 atom stereocenters. The van der Waals surface area contributed by atoms with E-state index in [-0.39, 0.29) is 25.3 Å². The molecule has 0 radical (unpaired) electrons. The van der Waals surface area contributed by atoms with Crippen LogP contribution in [0.5, 0.6) is 0 Å². The Hall–Kier alpha value is -3.41. The van der Waals surface area contributed by atoms with Gasteiger partial charge in [-0.15, -0.1) is 0 Å². The maximum absolute atomic E-state index is 13.5. The highest BCUT2D eigenvalue weighted by molar-refractivity contribution is 7.91. The van der Waals surface area contributed by atoms with Gasteiger partial charge in [-0.05, 0) is 55.7 Å². The summed E-state index contributed by atoms with van der Waals surface area (Å²) in [5.74, 6) is -1.70. The van der Waals surface area contributed by atoms with Crippen LogP contribution in [-0.4, -0.2) is 72.0 Å². The highest BCUT2D eigenvalue weighted by atomic mass is 32.2. The van der Waals surface area contributed by atoms with Crippen LogP contribution in [0.3, 0.4) is 0 Å². The summed E-state index contributed by atoms with van der Waals surface area (Å²) in [6.07, 6.45) is 8.49. The van der Waals surface area contributed by atoms with Crippen LogP contribution >= 0.6 is 0 Å². The Morgan fingerprint density at radius 3 is 2.64 bits per heavy atom. The lowest BCUT2D eigenvalue weighted by Gasteiger charge is -2.24. The zero-order valence-electron chi connectivity index (χ0n) is 24.2. The molecule has 2 aliphatic carbocycles. The lowest BCUT2D eigenvalue weighted by Crippen LogP contribution is -2.56. The second-order valence-electron chi connectivity index (χ2n) is 12.0. The van der Waals surface area contributed by atoms with Crippen molar-refractivity contribution in [1.82, 2.24) is 19.8 Å². The molecule has 42 heavy (non-hydrogen) atoms. The van der Waals surface area contributed by atoms with Crippen LogP contribution in [0.25, 0.3) is 0 Å². The fourth-order valence-electron chi connectivity index (χ4n) is 5.96. The fraction of sp³-hybridized carbons (Fsp3) is 0.600. The highest BCUT2D eigenvalue weighted by Crippen LogP contribution is 2.46. The number of hydrogen-bond acceptors (Lipinski definition) is 7. The third-order valence-corrected chi connectivity index (χ3v) is 10.6. The monoisotopic (exact) mass is 600 g/mol. The van der Waals surface area contributed by atoms with Gasteiger partial charge >= 0.3 is 6.09 Å². The van der Waals surface area contributed by atoms with Gasteiger partial charge in [-0.1, -0.05) is 50.1 Å². The predicted octanol–water partition coefficient (Wildman–Crippen LogP) is 2.67. The number of benzene rings is 1. The topological polar surface area (TPSA) is 142 Å². The van der Waals surface area contributed by atoms with Gasteiger partial charge in [0.1, 0.15) is 17.7 Å². The van der Waals surface area contributed by atoms with Gasteiger partial charge in [0.2, 0.25) is 22.3 Å². The number of aryl methyl sites for hydroxylation is 1. The van der Waals surface area contributed by atoms with E-state index >= 15 is 0 Å². The minimum atomic E-state index is -3.81. The van der Waals surface area contributed by atoms with Crippen LogP contribution in [0.15, 0.2) is 30.4 Å². The number of sulfonamides is 1. The summed E-state index contributed by atoms with van der Waals surface area (Å²) in [5.41, 5.74) is 1.85. The Balaban J connectivity index is 1.23. The molecule has 3 fully saturated rings. The standard InChI is InChI=1S/C30H40N4O7S/c1-3-4-5-6-7-11-22-15-30(22,28(37)32-42(39,40)24-12-13-24)31-27(36)26-14-23(17-34(26)19-35)41-29(38)33-16-21-10-8-9-20(2)25(21)18-33/h7-11,19,22-24,26H,3-6,12-18H2,1-2H3,(H,31,36)(H,32,37)/b11-7-/t22-,23-,26+,30-/m1/s1. The first-order chi connectivity index (χ1) is 20.1. The molecule has 4 aliphatic rings. The molecule has 4 amide bonds. The van der Waals surface area contributed by atoms with Gasteiger partial charge < -0.3 is 15.0 Å². The average molecular weight is 601 g/mol. The van der Waals surface area contributed by atoms with Crippen LogP contribution in [0.1, 0.15) is 75.0 Å². The van der Waals surface area contributed by atoms with Crippen molar-refractivity contribution in [3.63, 3.8) is 0 Å². The molecular formula is C30H40N4O7S. The summed E-state index contributed by atoms with van der Waals surface area (Å²) in [6, 6.07) is 4.97. The zero-order chi connectivity index (χ0) is 30.1. The highest BCUT2D eigenvalue weighted by Gasteiger charge is 2.62. The number of unbranched alkanes of at least 4 members (excludes halogenated alkanes) is 3. The Morgan fingerprint density at radius 2 is 1.95 bits per heavy atom. The van der Waals surface area contributed by atoms with Crippen molar-refractivity contribution in [3.8, 4) is 0 Å². The zero-order valence-corrected chi connectivity index (χ0v) is 25.0. The quantitative estimate of drug-likeness (QED) is 0.213. The molecule has 12 heteroatoms. The Labute approximate surface area is 247 Å². The average Bonchev–Trinajstić information content (AvgIpc) is 3.83. The Bertz CT molecular complexity index is 1380. The summed E-state index contributed by atoms with van der Waals surface area (Å²) in [5, 5.41) is 2.20. The lowest BCUT2D eigenvalue weighted by atomic mass is 10.1. The Morgan fingerprint density at radius 1 is 1.17 bits per heavy atom. The van der Waals surface area contributed by atoms with Crippen LogP contribution < -0.4 is 10.0 Å². The van der Waals surface area contributed by atoms with E-state index in [2.05, 4.69) is 17.0 Å². The van der Waals surface area contributed by atoms with Crippen LogP contribution in [0, 0.1) is 12.8 Å². The third-order valence-electron chi connectivity index (χ3n) is 8.79. The molecule has 5 rings (SSSR count). The normalized spacial score (nSPS) is 26.7. The lowest BCUT2D eigenvalue weighted by molar-refractivity contribution is -0.134. The molecule has 2 saturated carbocycles. The molecule has 1 aromatic rings. The number of nitrogens with zero attached hydrogens (tertiary/aromatic N) is 2. The van der Waals surface area contributed by atoms with Gasteiger partial charge in [-0.2, -0.15) is 0 Å². The smallest absolute Gasteiger partial charge is 0.410 e. The van der Waals surface area contributed by atoms with E-state index in [1.165, 1.54) is 4.90 Å². The van der Waals surface area contributed by atoms with Crippen LogP contribution in [0.2, 0.25) is 0 Å².